The second-order valence-electron chi connectivity index (χ2n) is 7.43. The van der Waals surface area contributed by atoms with Crippen LogP contribution in [0.1, 0.15) is 23.7 Å². The lowest BCUT2D eigenvalue weighted by Gasteiger charge is -2.30. The highest BCUT2D eigenvalue weighted by Crippen LogP contribution is 2.30. The number of hydrogen-bond acceptors (Lipinski definition) is 6. The predicted octanol–water partition coefficient (Wildman–Crippen LogP) is 1.41. The lowest BCUT2D eigenvalue weighted by atomic mass is 10.0. The van der Waals surface area contributed by atoms with Crippen LogP contribution in [0.2, 0.25) is 0 Å². The zero-order valence-corrected chi connectivity index (χ0v) is 17.9. The first-order chi connectivity index (χ1) is 14.6. The van der Waals surface area contributed by atoms with Gasteiger partial charge in [0.25, 0.3) is 10.2 Å². The van der Waals surface area contributed by atoms with Crippen LogP contribution in [0.3, 0.4) is 0 Å². The zero-order valence-electron chi connectivity index (χ0n) is 17.1. The van der Waals surface area contributed by atoms with E-state index < -0.39 is 10.2 Å². The summed E-state index contributed by atoms with van der Waals surface area (Å²) in [5.41, 5.74) is 1.87. The third-order valence-corrected chi connectivity index (χ3v) is 7.54. The van der Waals surface area contributed by atoms with Crippen LogP contribution >= 0.6 is 0 Å². The van der Waals surface area contributed by atoms with Gasteiger partial charge in [0, 0.05) is 44.2 Å². The van der Waals surface area contributed by atoms with E-state index in [1.54, 1.807) is 11.4 Å². The number of methoxy groups -OCH3 is 1. The number of nitrogens with one attached hydrogen (secondary N) is 1. The van der Waals surface area contributed by atoms with Crippen molar-refractivity contribution in [3.05, 3.63) is 41.7 Å². The second-order valence-corrected chi connectivity index (χ2v) is 9.36. The number of benzene rings is 1. The fourth-order valence-corrected chi connectivity index (χ4v) is 5.49. The second kappa shape index (κ2) is 9.34. The Morgan fingerprint density at radius 2 is 1.93 bits per heavy atom. The summed E-state index contributed by atoms with van der Waals surface area (Å²) in [6.07, 6.45) is 1.44. The van der Waals surface area contributed by atoms with Crippen LogP contribution in [0.4, 0.5) is 0 Å². The Labute approximate surface area is 177 Å². The van der Waals surface area contributed by atoms with Gasteiger partial charge in [-0.05, 0) is 24.6 Å². The Balaban J connectivity index is 1.31. The smallest absolute Gasteiger partial charge is 0.282 e. The maximum atomic E-state index is 12.8. The number of rotatable bonds is 8. The van der Waals surface area contributed by atoms with Crippen molar-refractivity contribution in [2.45, 2.75) is 18.8 Å². The highest BCUT2D eigenvalue weighted by molar-refractivity contribution is 7.86. The first kappa shape index (κ1) is 21.1. The molecule has 2 aromatic rings. The average Bonchev–Trinajstić information content (AvgIpc) is 3.45. The van der Waals surface area contributed by atoms with E-state index in [-0.39, 0.29) is 5.92 Å². The van der Waals surface area contributed by atoms with Crippen LogP contribution in [-0.2, 0) is 21.4 Å². The summed E-state index contributed by atoms with van der Waals surface area (Å²) in [5, 5.41) is 7.48. The third kappa shape index (κ3) is 4.61. The molecule has 1 aromatic carbocycles. The van der Waals surface area contributed by atoms with Crippen molar-refractivity contribution in [1.29, 1.82) is 0 Å². The van der Waals surface area contributed by atoms with Crippen molar-refractivity contribution in [2.75, 3.05) is 53.1 Å². The Hall–Kier alpha value is -2.14. The van der Waals surface area contributed by atoms with Crippen LogP contribution in [0.15, 0.2) is 30.3 Å². The summed E-state index contributed by atoms with van der Waals surface area (Å²) in [6.45, 7) is 3.21. The molecular weight excluding hydrogens is 408 g/mol. The van der Waals surface area contributed by atoms with Crippen molar-refractivity contribution >= 4 is 10.2 Å². The number of hydrogen-bond donors (Lipinski definition) is 1. The summed E-state index contributed by atoms with van der Waals surface area (Å²) in [7, 11) is -1.81. The van der Waals surface area contributed by atoms with Gasteiger partial charge in [-0.15, -0.1) is 0 Å². The monoisotopic (exact) mass is 436 g/mol. The Bertz CT molecular complexity index is 942. The number of ether oxygens (including phenoxy) is 3. The molecule has 0 spiro atoms. The van der Waals surface area contributed by atoms with Gasteiger partial charge in [-0.1, -0.05) is 12.1 Å². The molecule has 0 aliphatic carbocycles. The molecule has 2 saturated heterocycles. The van der Waals surface area contributed by atoms with Crippen molar-refractivity contribution in [3.63, 3.8) is 0 Å². The van der Waals surface area contributed by atoms with Crippen molar-refractivity contribution < 1.29 is 22.6 Å². The van der Waals surface area contributed by atoms with E-state index >= 15 is 0 Å². The first-order valence-electron chi connectivity index (χ1n) is 10.2. The lowest BCUT2D eigenvalue weighted by Crippen LogP contribution is -2.47. The average molecular weight is 437 g/mol. The van der Waals surface area contributed by atoms with E-state index in [1.165, 1.54) is 4.31 Å². The highest BCUT2D eigenvalue weighted by Gasteiger charge is 2.37. The molecule has 3 heterocycles. The molecule has 0 amide bonds. The van der Waals surface area contributed by atoms with Gasteiger partial charge >= 0.3 is 0 Å². The number of H-pyrrole nitrogens is 1. The molecule has 0 unspecified atom stereocenters. The molecule has 0 bridgehead atoms. The quantitative estimate of drug-likeness (QED) is 0.672. The minimum Gasteiger partial charge on any atom is -0.493 e. The van der Waals surface area contributed by atoms with Crippen molar-refractivity contribution in [1.82, 2.24) is 18.8 Å². The molecule has 4 rings (SSSR count). The minimum absolute atomic E-state index is 0.0981. The summed E-state index contributed by atoms with van der Waals surface area (Å²) in [5.74, 6) is 1.51. The topological polar surface area (TPSA) is 97.0 Å². The van der Waals surface area contributed by atoms with E-state index in [4.69, 9.17) is 14.2 Å². The maximum Gasteiger partial charge on any atom is 0.282 e. The van der Waals surface area contributed by atoms with Crippen LogP contribution in [0.25, 0.3) is 0 Å². The van der Waals surface area contributed by atoms with Gasteiger partial charge in [-0.25, -0.2) is 0 Å². The maximum absolute atomic E-state index is 12.8. The largest absolute Gasteiger partial charge is 0.493 e. The fourth-order valence-electron chi connectivity index (χ4n) is 3.85. The van der Waals surface area contributed by atoms with Crippen molar-refractivity contribution in [3.8, 4) is 11.5 Å². The summed E-state index contributed by atoms with van der Waals surface area (Å²) in [6, 6.07) is 9.56. The van der Waals surface area contributed by atoms with Gasteiger partial charge in [0.15, 0.2) is 11.5 Å². The van der Waals surface area contributed by atoms with Gasteiger partial charge < -0.3 is 14.2 Å². The van der Waals surface area contributed by atoms with Gasteiger partial charge in [0.05, 0.1) is 32.6 Å². The van der Waals surface area contributed by atoms with Crippen LogP contribution in [0, 0.1) is 0 Å². The predicted molar refractivity (Wildman–Crippen MR) is 111 cm³/mol. The summed E-state index contributed by atoms with van der Waals surface area (Å²) < 4.78 is 45.1. The SMILES string of the molecule is COc1ccccc1OCCc1cc([C@@H]2CCN(S(=O)(=O)N3CCOCC3)C2)n[nH]1. The zero-order chi connectivity index (χ0) is 21.0. The molecule has 2 aliphatic rings. The van der Waals surface area contributed by atoms with E-state index in [0.717, 1.165) is 17.8 Å². The van der Waals surface area contributed by atoms with E-state index in [9.17, 15) is 8.42 Å². The number of morpholine rings is 1. The van der Waals surface area contributed by atoms with E-state index in [1.807, 2.05) is 30.3 Å². The molecule has 0 radical (unpaired) electrons. The fraction of sp³-hybridized carbons (Fsp3) is 0.550. The van der Waals surface area contributed by atoms with Crippen LogP contribution < -0.4 is 9.47 Å². The Kier molecular flexibility index (Phi) is 6.57. The lowest BCUT2D eigenvalue weighted by molar-refractivity contribution is 0.0705. The molecular formula is C20H28N4O5S. The molecule has 30 heavy (non-hydrogen) atoms. The molecule has 0 saturated carbocycles. The van der Waals surface area contributed by atoms with Crippen LogP contribution in [-0.4, -0.2) is 80.3 Å². The molecule has 164 valence electrons. The van der Waals surface area contributed by atoms with Gasteiger partial charge in [-0.2, -0.15) is 22.1 Å². The summed E-state index contributed by atoms with van der Waals surface area (Å²) >= 11 is 0. The normalized spacial score (nSPS) is 21.0. The third-order valence-electron chi connectivity index (χ3n) is 5.54. The molecule has 1 atom stereocenters. The highest BCUT2D eigenvalue weighted by atomic mass is 32.2. The first-order valence-corrected chi connectivity index (χ1v) is 11.6. The molecule has 2 aliphatic heterocycles. The number of aromatic nitrogens is 2. The van der Waals surface area contributed by atoms with Gasteiger partial charge in [-0.3, -0.25) is 5.10 Å². The molecule has 1 N–H and O–H groups in total. The Morgan fingerprint density at radius 3 is 2.70 bits per heavy atom. The van der Waals surface area contributed by atoms with Gasteiger partial charge in [0.1, 0.15) is 0 Å². The van der Waals surface area contributed by atoms with Gasteiger partial charge in [0.2, 0.25) is 0 Å². The number of aromatic amines is 1. The van der Waals surface area contributed by atoms with Crippen LogP contribution in [0.5, 0.6) is 11.5 Å². The number of para-hydroxylation sites is 2. The Morgan fingerprint density at radius 1 is 1.17 bits per heavy atom. The van der Waals surface area contributed by atoms with E-state index in [2.05, 4.69) is 10.2 Å². The molecule has 2 fully saturated rings. The minimum atomic E-state index is -3.43. The standard InChI is InChI=1S/C20H28N4O5S/c1-27-19-4-2-3-5-20(19)29-11-7-17-14-18(22-21-17)16-6-8-24(15-16)30(25,26)23-9-12-28-13-10-23/h2-5,14,16H,6-13,15H2,1H3,(H,21,22)/t16-/m1/s1. The summed E-state index contributed by atoms with van der Waals surface area (Å²) in [4.78, 5) is 0. The molecule has 9 nitrogen and oxygen atoms in total. The molecule has 10 heteroatoms. The van der Waals surface area contributed by atoms with Crippen molar-refractivity contribution in [2.24, 2.45) is 0 Å². The molecule has 1 aromatic heterocycles. The van der Waals surface area contributed by atoms with E-state index in [0.29, 0.717) is 63.9 Å². The number of nitrogens with zero attached hydrogens (tertiary/aromatic N) is 3.